The zero-order valence-corrected chi connectivity index (χ0v) is 17.9. The average molecular weight is 433 g/mol. The number of rotatable bonds is 6. The van der Waals surface area contributed by atoms with Gasteiger partial charge in [0, 0.05) is 23.7 Å². The lowest BCUT2D eigenvalue weighted by atomic mass is 10.1. The molecule has 2 aliphatic heterocycles. The maximum absolute atomic E-state index is 13.1. The van der Waals surface area contributed by atoms with Gasteiger partial charge in [0.05, 0.1) is 11.9 Å². The highest BCUT2D eigenvalue weighted by Crippen LogP contribution is 2.38. The van der Waals surface area contributed by atoms with E-state index in [2.05, 4.69) is 5.32 Å². The summed E-state index contributed by atoms with van der Waals surface area (Å²) in [5.41, 5.74) is 1.63. The fourth-order valence-electron chi connectivity index (χ4n) is 3.68. The number of nitrogens with zero attached hydrogens (tertiary/aromatic N) is 1. The molecule has 1 atom stereocenters. The van der Waals surface area contributed by atoms with Crippen molar-refractivity contribution in [2.75, 3.05) is 25.0 Å². The molecule has 154 valence electrons. The summed E-state index contributed by atoms with van der Waals surface area (Å²) in [6, 6.07) is 12.8. The Balaban J connectivity index is 1.56. The molecule has 1 N–H and O–H groups in total. The van der Waals surface area contributed by atoms with Gasteiger partial charge >= 0.3 is 0 Å². The standard InChI is InChI=1S/C21H24N2O4S2/c1-2-27-17-10-9-16(14-20(17)29(25,26)23-11-5-6-12-23)22-21(24)19-13-15-7-3-4-8-18(15)28-19/h3-4,7-10,14,19H,2,5-6,11-13H2,1H3,(H,22,24)/t19-/m0/s1. The molecule has 0 radical (unpaired) electrons. The molecule has 2 heterocycles. The van der Waals surface area contributed by atoms with Crippen LogP contribution in [0.1, 0.15) is 25.3 Å². The molecule has 1 saturated heterocycles. The molecule has 2 aromatic carbocycles. The van der Waals surface area contributed by atoms with Gasteiger partial charge in [-0.15, -0.1) is 11.8 Å². The number of hydrogen-bond acceptors (Lipinski definition) is 5. The van der Waals surface area contributed by atoms with Crippen molar-refractivity contribution in [3.8, 4) is 5.75 Å². The second kappa shape index (κ2) is 8.38. The summed E-state index contributed by atoms with van der Waals surface area (Å²) in [7, 11) is -3.66. The summed E-state index contributed by atoms with van der Waals surface area (Å²) in [6.07, 6.45) is 2.39. The fraction of sp³-hybridized carbons (Fsp3) is 0.381. The molecular weight excluding hydrogens is 408 g/mol. The van der Waals surface area contributed by atoms with Crippen molar-refractivity contribution in [3.05, 3.63) is 48.0 Å². The van der Waals surface area contributed by atoms with Crippen LogP contribution < -0.4 is 10.1 Å². The lowest BCUT2D eigenvalue weighted by molar-refractivity contribution is -0.115. The van der Waals surface area contributed by atoms with Crippen LogP contribution in [0.4, 0.5) is 5.69 Å². The highest BCUT2D eigenvalue weighted by atomic mass is 32.2. The number of hydrogen-bond donors (Lipinski definition) is 1. The topological polar surface area (TPSA) is 75.7 Å². The molecule has 6 nitrogen and oxygen atoms in total. The predicted octanol–water partition coefficient (Wildman–Crippen LogP) is 3.53. The molecule has 2 aromatic rings. The Hall–Kier alpha value is -2.03. The van der Waals surface area contributed by atoms with Gasteiger partial charge in [-0.2, -0.15) is 4.31 Å². The van der Waals surface area contributed by atoms with Gasteiger partial charge in [-0.05, 0) is 56.0 Å². The predicted molar refractivity (Wildman–Crippen MR) is 114 cm³/mol. The first kappa shape index (κ1) is 20.3. The Morgan fingerprint density at radius 1 is 1.21 bits per heavy atom. The molecule has 0 aromatic heterocycles. The number of anilines is 1. The van der Waals surface area contributed by atoms with Gasteiger partial charge in [0.1, 0.15) is 10.6 Å². The van der Waals surface area contributed by atoms with Gasteiger partial charge in [0.2, 0.25) is 15.9 Å². The number of sulfonamides is 1. The van der Waals surface area contributed by atoms with E-state index in [1.165, 1.54) is 15.9 Å². The molecule has 8 heteroatoms. The Morgan fingerprint density at radius 2 is 1.97 bits per heavy atom. The lowest BCUT2D eigenvalue weighted by Gasteiger charge is -2.19. The van der Waals surface area contributed by atoms with Crippen LogP contribution in [-0.4, -0.2) is 43.6 Å². The van der Waals surface area contributed by atoms with Gasteiger partial charge in [0.25, 0.3) is 0 Å². The summed E-state index contributed by atoms with van der Waals surface area (Å²) in [5.74, 6) is 0.194. The van der Waals surface area contributed by atoms with Crippen molar-refractivity contribution >= 4 is 33.4 Å². The molecule has 0 bridgehead atoms. The third kappa shape index (κ3) is 4.15. The molecule has 1 amide bonds. The first-order chi connectivity index (χ1) is 14.0. The molecule has 0 saturated carbocycles. The number of amides is 1. The maximum atomic E-state index is 13.1. The monoisotopic (exact) mass is 432 g/mol. The molecule has 2 aliphatic rings. The number of benzene rings is 2. The van der Waals surface area contributed by atoms with Crippen molar-refractivity contribution in [1.29, 1.82) is 0 Å². The fourth-order valence-corrected chi connectivity index (χ4v) is 6.55. The zero-order chi connectivity index (χ0) is 20.4. The Morgan fingerprint density at radius 3 is 2.69 bits per heavy atom. The average Bonchev–Trinajstić information content (AvgIpc) is 3.39. The summed E-state index contributed by atoms with van der Waals surface area (Å²) in [6.45, 7) is 3.21. The van der Waals surface area contributed by atoms with E-state index in [-0.39, 0.29) is 16.1 Å². The highest BCUT2D eigenvalue weighted by Gasteiger charge is 2.31. The third-order valence-corrected chi connectivity index (χ3v) is 8.37. The van der Waals surface area contributed by atoms with Crippen LogP contribution in [0.2, 0.25) is 0 Å². The molecule has 0 spiro atoms. The minimum Gasteiger partial charge on any atom is -0.492 e. The molecule has 1 fully saturated rings. The number of nitrogens with one attached hydrogen (secondary N) is 1. The number of carbonyl (C=O) groups is 1. The van der Waals surface area contributed by atoms with Crippen LogP contribution in [0.25, 0.3) is 0 Å². The molecule has 29 heavy (non-hydrogen) atoms. The maximum Gasteiger partial charge on any atom is 0.246 e. The van der Waals surface area contributed by atoms with E-state index in [1.807, 2.05) is 31.2 Å². The lowest BCUT2D eigenvalue weighted by Crippen LogP contribution is -2.29. The molecule has 0 unspecified atom stereocenters. The van der Waals surface area contributed by atoms with Crippen LogP contribution in [0.5, 0.6) is 5.75 Å². The van der Waals surface area contributed by atoms with Crippen LogP contribution in [-0.2, 0) is 21.2 Å². The molecule has 4 rings (SSSR count). The summed E-state index contributed by atoms with van der Waals surface area (Å²) >= 11 is 1.54. The first-order valence-corrected chi connectivity index (χ1v) is 12.1. The minimum absolute atomic E-state index is 0.112. The van der Waals surface area contributed by atoms with E-state index in [9.17, 15) is 13.2 Å². The van der Waals surface area contributed by atoms with Crippen LogP contribution in [0.15, 0.2) is 52.3 Å². The normalized spacial score (nSPS) is 19.1. The quantitative estimate of drug-likeness (QED) is 0.756. The largest absolute Gasteiger partial charge is 0.492 e. The first-order valence-electron chi connectivity index (χ1n) is 9.81. The van der Waals surface area contributed by atoms with Crippen LogP contribution in [0.3, 0.4) is 0 Å². The second-order valence-corrected chi connectivity index (χ2v) is 10.3. The summed E-state index contributed by atoms with van der Waals surface area (Å²) in [4.78, 5) is 14.0. The van der Waals surface area contributed by atoms with E-state index in [0.29, 0.717) is 37.6 Å². The third-order valence-electron chi connectivity index (χ3n) is 5.13. The minimum atomic E-state index is -3.66. The van der Waals surface area contributed by atoms with E-state index in [4.69, 9.17) is 4.74 Å². The van der Waals surface area contributed by atoms with Gasteiger partial charge in [0.15, 0.2) is 0 Å². The van der Waals surface area contributed by atoms with Crippen molar-refractivity contribution in [3.63, 3.8) is 0 Å². The highest BCUT2D eigenvalue weighted by molar-refractivity contribution is 8.01. The van der Waals surface area contributed by atoms with E-state index in [1.54, 1.807) is 23.9 Å². The second-order valence-electron chi connectivity index (χ2n) is 7.11. The Labute approximate surface area is 175 Å². The van der Waals surface area contributed by atoms with Gasteiger partial charge < -0.3 is 10.1 Å². The van der Waals surface area contributed by atoms with Crippen LogP contribution in [0, 0.1) is 0 Å². The van der Waals surface area contributed by atoms with Crippen molar-refractivity contribution in [2.45, 2.75) is 41.2 Å². The number of ether oxygens (including phenoxy) is 1. The Kier molecular flexibility index (Phi) is 5.85. The summed E-state index contributed by atoms with van der Waals surface area (Å²) in [5, 5.41) is 2.67. The Bertz CT molecular complexity index is 992. The molecule has 0 aliphatic carbocycles. The van der Waals surface area contributed by atoms with Gasteiger partial charge in [-0.25, -0.2) is 8.42 Å². The number of fused-ring (bicyclic) bond motifs is 1. The van der Waals surface area contributed by atoms with Crippen molar-refractivity contribution in [1.82, 2.24) is 4.31 Å². The summed E-state index contributed by atoms with van der Waals surface area (Å²) < 4.78 is 33.3. The van der Waals surface area contributed by atoms with E-state index >= 15 is 0 Å². The van der Waals surface area contributed by atoms with E-state index < -0.39 is 10.0 Å². The van der Waals surface area contributed by atoms with Gasteiger partial charge in [-0.3, -0.25) is 4.79 Å². The smallest absolute Gasteiger partial charge is 0.246 e. The molecular formula is C21H24N2O4S2. The SMILES string of the molecule is CCOc1ccc(NC(=O)[C@@H]2Cc3ccccc3S2)cc1S(=O)(=O)N1CCCC1. The van der Waals surface area contributed by atoms with Gasteiger partial charge in [-0.1, -0.05) is 18.2 Å². The number of carbonyl (C=O) groups excluding carboxylic acids is 1. The zero-order valence-electron chi connectivity index (χ0n) is 16.3. The van der Waals surface area contributed by atoms with Crippen molar-refractivity contribution in [2.24, 2.45) is 0 Å². The number of thioether (sulfide) groups is 1. The van der Waals surface area contributed by atoms with E-state index in [0.717, 1.165) is 17.7 Å². The van der Waals surface area contributed by atoms with Crippen LogP contribution >= 0.6 is 11.8 Å². The van der Waals surface area contributed by atoms with Crippen molar-refractivity contribution < 1.29 is 17.9 Å².